The number of aryl methyl sites for hydroxylation is 2. The molecule has 0 aliphatic heterocycles. The third-order valence-corrected chi connectivity index (χ3v) is 11.7. The normalized spacial score (nSPS) is 12.0. The minimum atomic E-state index is -2.19. The Labute approximate surface area is 191 Å². The second kappa shape index (κ2) is 9.11. The van der Waals surface area contributed by atoms with Crippen molar-refractivity contribution in [2.24, 2.45) is 0 Å². The van der Waals surface area contributed by atoms with Gasteiger partial charge in [0.1, 0.15) is 0 Å². The van der Waals surface area contributed by atoms with Crippen molar-refractivity contribution in [1.82, 2.24) is 0 Å². The third-order valence-electron chi connectivity index (χ3n) is 6.72. The molecular weight excluding hydrogens is 403 g/mol. The maximum atomic E-state index is 2.39. The molecule has 0 saturated carbocycles. The van der Waals surface area contributed by atoms with Crippen LogP contribution in [0.3, 0.4) is 0 Å². The minimum absolute atomic E-state index is 1.07. The Morgan fingerprint density at radius 2 is 1.00 bits per heavy atom. The zero-order chi connectivity index (χ0) is 21.8. The Bertz CT molecular complexity index is 1210. The summed E-state index contributed by atoms with van der Waals surface area (Å²) in [5.41, 5.74) is 2.80. The van der Waals surface area contributed by atoms with Gasteiger partial charge in [0.05, 0.1) is 0 Å². The van der Waals surface area contributed by atoms with Crippen LogP contribution in [-0.2, 0) is 6.42 Å². The van der Waals surface area contributed by atoms with Gasteiger partial charge in [-0.2, -0.15) is 0 Å². The fourth-order valence-corrected chi connectivity index (χ4v) is 9.97. The Morgan fingerprint density at radius 1 is 0.531 bits per heavy atom. The second-order valence-corrected chi connectivity index (χ2v) is 12.7. The Hall–Kier alpha value is -3.21. The van der Waals surface area contributed by atoms with Gasteiger partial charge in [0.2, 0.25) is 0 Å². The molecule has 0 atom stereocenters. The molecule has 0 fully saturated rings. The summed E-state index contributed by atoms with van der Waals surface area (Å²) in [5.74, 6) is 0. The van der Waals surface area contributed by atoms with E-state index in [9.17, 15) is 0 Å². The van der Waals surface area contributed by atoms with Crippen LogP contribution < -0.4 is 15.9 Å². The Balaban J connectivity index is 1.65. The van der Waals surface area contributed by atoms with E-state index in [1.807, 2.05) is 0 Å². The van der Waals surface area contributed by atoms with E-state index in [4.69, 9.17) is 0 Å². The van der Waals surface area contributed by atoms with E-state index < -0.39 is 7.26 Å². The molecule has 1 heteroatoms. The molecule has 0 saturated heterocycles. The molecule has 0 radical (unpaired) electrons. The van der Waals surface area contributed by atoms with Crippen molar-refractivity contribution in [3.63, 3.8) is 0 Å². The summed E-state index contributed by atoms with van der Waals surface area (Å²) in [6, 6.07) is 47.2. The van der Waals surface area contributed by atoms with E-state index in [-0.39, 0.29) is 0 Å². The molecule has 0 amide bonds. The van der Waals surface area contributed by atoms with E-state index in [0.29, 0.717) is 0 Å². The van der Waals surface area contributed by atoms with Crippen LogP contribution in [0.5, 0.6) is 0 Å². The molecule has 158 valence electrons. The van der Waals surface area contributed by atoms with Crippen LogP contribution in [0.2, 0.25) is 0 Å². The van der Waals surface area contributed by atoms with Crippen LogP contribution in [0.15, 0.2) is 127 Å². The molecule has 0 spiro atoms. The third kappa shape index (κ3) is 3.88. The predicted octanol–water partition coefficient (Wildman–Crippen LogP) is 6.42. The number of fused-ring (bicyclic) bond motifs is 1. The van der Waals surface area contributed by atoms with Gasteiger partial charge in [-0.3, -0.25) is 0 Å². The van der Waals surface area contributed by atoms with E-state index in [0.717, 1.165) is 12.6 Å². The van der Waals surface area contributed by atoms with Crippen LogP contribution in [-0.4, -0.2) is 6.16 Å². The fraction of sp³-hybridized carbons (Fsp3) is 0.0968. The van der Waals surface area contributed by atoms with Gasteiger partial charge in [0, 0.05) is 0 Å². The fourth-order valence-electron chi connectivity index (χ4n) is 5.16. The average Bonchev–Trinajstić information content (AvgIpc) is 2.86. The summed E-state index contributed by atoms with van der Waals surface area (Å²) >= 11 is 0. The molecule has 0 nitrogen and oxygen atoms in total. The molecule has 0 N–H and O–H groups in total. The molecule has 5 rings (SSSR count). The summed E-state index contributed by atoms with van der Waals surface area (Å²) < 4.78 is 0. The standard InChI is InChI=1S/C31H29P/c1-25-23-26(24-27-13-11-12-20-31(25)27)21-22-32(28-14-5-2-6-15-28,29-16-7-3-8-17-29)30-18-9-4-10-19-30/h2-20,23-24,32H,21-22H2,1H3. The van der Waals surface area contributed by atoms with Crippen molar-refractivity contribution in [3.8, 4) is 0 Å². The average molecular weight is 433 g/mol. The molecule has 0 aliphatic carbocycles. The van der Waals surface area contributed by atoms with Gasteiger partial charge in [-0.25, -0.2) is 0 Å². The second-order valence-electron chi connectivity index (χ2n) is 8.64. The van der Waals surface area contributed by atoms with E-state index in [2.05, 4.69) is 134 Å². The maximum absolute atomic E-state index is 2.39. The Kier molecular flexibility index (Phi) is 5.89. The molecule has 32 heavy (non-hydrogen) atoms. The van der Waals surface area contributed by atoms with Crippen molar-refractivity contribution >= 4 is 33.9 Å². The number of hydrogen-bond donors (Lipinski definition) is 0. The van der Waals surface area contributed by atoms with Gasteiger partial charge in [-0.15, -0.1) is 0 Å². The number of benzene rings is 5. The van der Waals surface area contributed by atoms with Crippen molar-refractivity contribution in [2.75, 3.05) is 6.16 Å². The molecule has 0 bridgehead atoms. The number of hydrogen-bond acceptors (Lipinski definition) is 0. The van der Waals surface area contributed by atoms with E-state index >= 15 is 0 Å². The van der Waals surface area contributed by atoms with Crippen LogP contribution in [0, 0.1) is 6.92 Å². The van der Waals surface area contributed by atoms with Crippen LogP contribution >= 0.6 is 7.26 Å². The van der Waals surface area contributed by atoms with Crippen molar-refractivity contribution in [3.05, 3.63) is 139 Å². The van der Waals surface area contributed by atoms with Gasteiger partial charge < -0.3 is 0 Å². The quantitative estimate of drug-likeness (QED) is 0.272. The zero-order valence-electron chi connectivity index (χ0n) is 18.5. The van der Waals surface area contributed by atoms with Gasteiger partial charge in [0.25, 0.3) is 0 Å². The van der Waals surface area contributed by atoms with Gasteiger partial charge >= 0.3 is 192 Å². The predicted molar refractivity (Wildman–Crippen MR) is 144 cm³/mol. The monoisotopic (exact) mass is 432 g/mol. The first-order valence-electron chi connectivity index (χ1n) is 11.4. The molecule has 5 aromatic rings. The summed E-state index contributed by atoms with van der Waals surface area (Å²) in [6.07, 6.45) is 2.21. The summed E-state index contributed by atoms with van der Waals surface area (Å²) in [7, 11) is -2.19. The molecule has 0 unspecified atom stereocenters. The van der Waals surface area contributed by atoms with Crippen molar-refractivity contribution in [2.45, 2.75) is 13.3 Å². The molecular formula is C31H29P. The first-order valence-corrected chi connectivity index (χ1v) is 13.6. The van der Waals surface area contributed by atoms with Crippen LogP contribution in [0.1, 0.15) is 11.1 Å². The molecule has 0 aromatic heterocycles. The topological polar surface area (TPSA) is 0 Å². The van der Waals surface area contributed by atoms with Crippen molar-refractivity contribution in [1.29, 1.82) is 0 Å². The van der Waals surface area contributed by atoms with Crippen LogP contribution in [0.25, 0.3) is 10.8 Å². The summed E-state index contributed by atoms with van der Waals surface area (Å²) in [4.78, 5) is 0. The SMILES string of the molecule is Cc1cc(CC[PH](c2ccccc2)(c2ccccc2)c2ccccc2)cc2ccccc12. The summed E-state index contributed by atoms with van der Waals surface area (Å²) in [6.45, 7) is 2.24. The Morgan fingerprint density at radius 3 is 1.53 bits per heavy atom. The first-order chi connectivity index (χ1) is 15.8. The summed E-state index contributed by atoms with van der Waals surface area (Å²) in [5, 5.41) is 7.14. The zero-order valence-corrected chi connectivity index (χ0v) is 19.5. The molecule has 5 aromatic carbocycles. The molecule has 0 aliphatic rings. The first kappa shape index (κ1) is 20.7. The van der Waals surface area contributed by atoms with Gasteiger partial charge in [0.15, 0.2) is 0 Å². The number of rotatable bonds is 6. The molecule has 0 heterocycles. The van der Waals surface area contributed by atoms with E-state index in [1.54, 1.807) is 0 Å². The van der Waals surface area contributed by atoms with E-state index in [1.165, 1.54) is 37.8 Å². The van der Waals surface area contributed by atoms with Gasteiger partial charge in [-0.1, -0.05) is 0 Å². The van der Waals surface area contributed by atoms with Crippen LogP contribution in [0.4, 0.5) is 0 Å². The van der Waals surface area contributed by atoms with Gasteiger partial charge in [-0.05, 0) is 0 Å². The van der Waals surface area contributed by atoms with Crippen molar-refractivity contribution < 1.29 is 0 Å².